The Morgan fingerprint density at radius 2 is 2.30 bits per heavy atom. The van der Waals surface area contributed by atoms with Crippen LogP contribution in [0.15, 0.2) is 18.5 Å². The van der Waals surface area contributed by atoms with Gasteiger partial charge in [-0.2, -0.15) is 0 Å². The van der Waals surface area contributed by atoms with Crippen molar-refractivity contribution in [2.75, 3.05) is 13.1 Å². The van der Waals surface area contributed by atoms with Gasteiger partial charge in [0.25, 0.3) is 0 Å². The Hall–Kier alpha value is -0.640. The van der Waals surface area contributed by atoms with Crippen LogP contribution in [0.2, 0.25) is 5.02 Å². The average molecular weight is 296 g/mol. The highest BCUT2D eigenvalue weighted by molar-refractivity contribution is 6.31. The van der Waals surface area contributed by atoms with E-state index in [0.717, 1.165) is 24.7 Å². The Morgan fingerprint density at radius 3 is 2.95 bits per heavy atom. The van der Waals surface area contributed by atoms with Crippen LogP contribution in [-0.4, -0.2) is 35.1 Å². The molecule has 0 amide bonds. The molecule has 1 N–H and O–H groups in total. The first-order chi connectivity index (χ1) is 9.61. The third kappa shape index (κ3) is 3.94. The molecule has 1 aliphatic rings. The highest BCUT2D eigenvalue weighted by Crippen LogP contribution is 2.22. The molecule has 2 atom stereocenters. The van der Waals surface area contributed by atoms with E-state index in [1.54, 1.807) is 6.20 Å². The maximum atomic E-state index is 6.26. The number of hydrogen-bond acceptors (Lipinski definition) is 3. The number of piperazine rings is 1. The topological polar surface area (TPSA) is 28.2 Å². The molecule has 2 unspecified atom stereocenters. The normalized spacial score (nSPS) is 24.2. The van der Waals surface area contributed by atoms with Crippen molar-refractivity contribution in [3.63, 3.8) is 0 Å². The summed E-state index contributed by atoms with van der Waals surface area (Å²) < 4.78 is 0. The molecule has 1 aliphatic heterocycles. The average Bonchev–Trinajstić information content (AvgIpc) is 2.43. The van der Waals surface area contributed by atoms with Gasteiger partial charge in [0.15, 0.2) is 0 Å². The van der Waals surface area contributed by atoms with E-state index < -0.39 is 0 Å². The van der Waals surface area contributed by atoms with Gasteiger partial charge in [-0.15, -0.1) is 0 Å². The van der Waals surface area contributed by atoms with E-state index in [1.165, 1.54) is 18.4 Å². The van der Waals surface area contributed by atoms with Gasteiger partial charge >= 0.3 is 0 Å². The third-order valence-electron chi connectivity index (χ3n) is 4.22. The Labute approximate surface area is 127 Å². The molecule has 0 radical (unpaired) electrons. The van der Waals surface area contributed by atoms with Crippen LogP contribution in [0, 0.1) is 5.92 Å². The lowest BCUT2D eigenvalue weighted by Crippen LogP contribution is -2.57. The summed E-state index contributed by atoms with van der Waals surface area (Å²) in [5.74, 6) is 0.660. The van der Waals surface area contributed by atoms with Crippen molar-refractivity contribution in [1.82, 2.24) is 15.2 Å². The number of aromatic nitrogens is 1. The van der Waals surface area contributed by atoms with Gasteiger partial charge in [-0.25, -0.2) is 0 Å². The quantitative estimate of drug-likeness (QED) is 0.903. The predicted octanol–water partition coefficient (Wildman–Crippen LogP) is 3.33. The fraction of sp³-hybridized carbons (Fsp3) is 0.688. The molecule has 2 heterocycles. The summed E-state index contributed by atoms with van der Waals surface area (Å²) in [7, 11) is 0. The van der Waals surface area contributed by atoms with Crippen LogP contribution < -0.4 is 5.32 Å². The van der Waals surface area contributed by atoms with E-state index in [9.17, 15) is 0 Å². The monoisotopic (exact) mass is 295 g/mol. The molecule has 0 bridgehead atoms. The molecular weight excluding hydrogens is 270 g/mol. The van der Waals surface area contributed by atoms with Gasteiger partial charge in [0.05, 0.1) is 5.02 Å². The van der Waals surface area contributed by atoms with Gasteiger partial charge in [0.1, 0.15) is 0 Å². The minimum atomic E-state index is 0.573. The third-order valence-corrected chi connectivity index (χ3v) is 4.56. The lowest BCUT2D eigenvalue weighted by atomic mass is 9.97. The molecule has 112 valence electrons. The van der Waals surface area contributed by atoms with Crippen LogP contribution in [0.4, 0.5) is 0 Å². The largest absolute Gasteiger partial charge is 0.311 e. The van der Waals surface area contributed by atoms with Gasteiger partial charge < -0.3 is 5.32 Å². The van der Waals surface area contributed by atoms with Crippen LogP contribution in [0.3, 0.4) is 0 Å². The van der Waals surface area contributed by atoms with E-state index in [2.05, 4.69) is 36.0 Å². The Balaban J connectivity index is 2.09. The molecule has 0 aromatic carbocycles. The number of rotatable bonds is 5. The zero-order chi connectivity index (χ0) is 14.5. The van der Waals surface area contributed by atoms with Crippen LogP contribution >= 0.6 is 11.6 Å². The molecule has 1 aromatic heterocycles. The fourth-order valence-electron chi connectivity index (χ4n) is 2.89. The molecule has 0 spiro atoms. The van der Waals surface area contributed by atoms with Gasteiger partial charge in [-0.05, 0) is 24.0 Å². The highest BCUT2D eigenvalue weighted by atomic mass is 35.5. The van der Waals surface area contributed by atoms with E-state index in [0.29, 0.717) is 18.0 Å². The second kappa shape index (κ2) is 7.39. The molecular formula is C16H26ClN3. The summed E-state index contributed by atoms with van der Waals surface area (Å²) >= 11 is 6.26. The van der Waals surface area contributed by atoms with Crippen LogP contribution in [0.1, 0.15) is 39.2 Å². The van der Waals surface area contributed by atoms with Crippen LogP contribution in [0.5, 0.6) is 0 Å². The van der Waals surface area contributed by atoms with Crippen molar-refractivity contribution in [3.05, 3.63) is 29.0 Å². The first-order valence-corrected chi connectivity index (χ1v) is 8.05. The Bertz CT molecular complexity index is 422. The second-order valence-electron chi connectivity index (χ2n) is 6.10. The van der Waals surface area contributed by atoms with Crippen LogP contribution in [0.25, 0.3) is 0 Å². The Kier molecular flexibility index (Phi) is 5.82. The summed E-state index contributed by atoms with van der Waals surface area (Å²) in [4.78, 5) is 6.66. The molecule has 20 heavy (non-hydrogen) atoms. The highest BCUT2D eigenvalue weighted by Gasteiger charge is 2.28. The fourth-order valence-corrected chi connectivity index (χ4v) is 3.07. The van der Waals surface area contributed by atoms with Crippen LogP contribution in [-0.2, 0) is 6.54 Å². The molecule has 2 rings (SSSR count). The SMILES string of the molecule is CCCC1CNC(C(C)C)CN1Cc1ccncc1Cl. The van der Waals surface area contributed by atoms with E-state index in [4.69, 9.17) is 11.6 Å². The van der Waals surface area contributed by atoms with Gasteiger partial charge in [-0.1, -0.05) is 38.8 Å². The van der Waals surface area contributed by atoms with Gasteiger partial charge in [0, 0.05) is 44.1 Å². The first kappa shape index (κ1) is 15.7. The second-order valence-corrected chi connectivity index (χ2v) is 6.50. The maximum absolute atomic E-state index is 6.26. The first-order valence-electron chi connectivity index (χ1n) is 7.67. The minimum Gasteiger partial charge on any atom is -0.311 e. The van der Waals surface area contributed by atoms with E-state index in [1.807, 2.05) is 12.3 Å². The van der Waals surface area contributed by atoms with E-state index in [-0.39, 0.29) is 0 Å². The summed E-state index contributed by atoms with van der Waals surface area (Å²) in [5.41, 5.74) is 1.19. The summed E-state index contributed by atoms with van der Waals surface area (Å²) in [6, 6.07) is 3.22. The molecule has 4 heteroatoms. The molecule has 1 saturated heterocycles. The van der Waals surface area contributed by atoms with Gasteiger partial charge in [0.2, 0.25) is 0 Å². The van der Waals surface area contributed by atoms with E-state index >= 15 is 0 Å². The number of nitrogens with zero attached hydrogens (tertiary/aromatic N) is 2. The Morgan fingerprint density at radius 1 is 1.50 bits per heavy atom. The lowest BCUT2D eigenvalue weighted by Gasteiger charge is -2.42. The summed E-state index contributed by atoms with van der Waals surface area (Å²) in [6.45, 7) is 9.94. The lowest BCUT2D eigenvalue weighted by molar-refractivity contribution is 0.0997. The molecule has 1 aromatic rings. The van der Waals surface area contributed by atoms with Crippen molar-refractivity contribution < 1.29 is 0 Å². The van der Waals surface area contributed by atoms with Gasteiger partial charge in [-0.3, -0.25) is 9.88 Å². The van der Waals surface area contributed by atoms with Crippen molar-refractivity contribution >= 4 is 11.6 Å². The summed E-state index contributed by atoms with van der Waals surface area (Å²) in [6.07, 6.45) is 6.03. The summed E-state index contributed by atoms with van der Waals surface area (Å²) in [5, 5.41) is 4.48. The number of hydrogen-bond donors (Lipinski definition) is 1. The molecule has 3 nitrogen and oxygen atoms in total. The van der Waals surface area contributed by atoms with Crippen molar-refractivity contribution in [1.29, 1.82) is 0 Å². The van der Waals surface area contributed by atoms with Crippen molar-refractivity contribution in [3.8, 4) is 0 Å². The zero-order valence-electron chi connectivity index (χ0n) is 12.8. The van der Waals surface area contributed by atoms with Crippen molar-refractivity contribution in [2.45, 2.75) is 52.2 Å². The number of nitrogens with one attached hydrogen (secondary N) is 1. The molecule has 0 aliphatic carbocycles. The predicted molar refractivity (Wildman–Crippen MR) is 85.0 cm³/mol. The molecule has 0 saturated carbocycles. The minimum absolute atomic E-state index is 0.573. The zero-order valence-corrected chi connectivity index (χ0v) is 13.5. The number of pyridine rings is 1. The smallest absolute Gasteiger partial charge is 0.0634 e. The molecule has 1 fully saturated rings. The van der Waals surface area contributed by atoms with Crippen molar-refractivity contribution in [2.24, 2.45) is 5.92 Å². The standard InChI is InChI=1S/C16H26ClN3/c1-4-5-14-8-19-16(12(2)3)11-20(14)10-13-6-7-18-9-15(13)17/h6-7,9,12,14,16,19H,4-5,8,10-11H2,1-3H3. The number of halogens is 1. The maximum Gasteiger partial charge on any atom is 0.0634 e.